The topological polar surface area (TPSA) is 80.5 Å². The largest absolute Gasteiger partial charge is 0.372 e. The molecule has 0 spiro atoms. The number of nitrogens with zero attached hydrogens (tertiary/aromatic N) is 3. The van der Waals surface area contributed by atoms with Crippen molar-refractivity contribution in [2.24, 2.45) is 11.8 Å². The molecule has 0 unspecified atom stereocenters. The number of rotatable bonds is 8. The van der Waals surface area contributed by atoms with Gasteiger partial charge in [0.15, 0.2) is 0 Å². The van der Waals surface area contributed by atoms with E-state index >= 15 is 0 Å². The Morgan fingerprint density at radius 3 is 2.88 bits per heavy atom. The molecule has 0 aromatic carbocycles. The van der Waals surface area contributed by atoms with Gasteiger partial charge in [-0.3, -0.25) is 4.79 Å². The zero-order chi connectivity index (χ0) is 17.1. The fourth-order valence-electron chi connectivity index (χ4n) is 3.23. The van der Waals surface area contributed by atoms with Gasteiger partial charge < -0.3 is 19.5 Å². The fraction of sp³-hybridized carbons (Fsp3) is 0.824. The first kappa shape index (κ1) is 17.2. The molecule has 2 aliphatic rings. The van der Waals surface area contributed by atoms with Crippen LogP contribution in [0.1, 0.15) is 51.8 Å². The van der Waals surface area contributed by atoms with Crippen LogP contribution < -0.4 is 10.2 Å². The van der Waals surface area contributed by atoms with Crippen LogP contribution in [0, 0.1) is 11.8 Å². The third-order valence-corrected chi connectivity index (χ3v) is 4.79. The maximum atomic E-state index is 12.1. The molecule has 1 aliphatic carbocycles. The molecule has 1 amide bonds. The highest BCUT2D eigenvalue weighted by Gasteiger charge is 2.38. The van der Waals surface area contributed by atoms with Gasteiger partial charge in [0.1, 0.15) is 6.61 Å². The van der Waals surface area contributed by atoms with Crippen LogP contribution in [0.3, 0.4) is 0 Å². The summed E-state index contributed by atoms with van der Waals surface area (Å²) in [4.78, 5) is 18.7. The van der Waals surface area contributed by atoms with Gasteiger partial charge in [-0.25, -0.2) is 0 Å². The van der Waals surface area contributed by atoms with E-state index in [2.05, 4.69) is 34.2 Å². The minimum atomic E-state index is -0.0484. The van der Waals surface area contributed by atoms with Crippen molar-refractivity contribution in [3.8, 4) is 0 Å². The molecule has 2 heterocycles. The van der Waals surface area contributed by atoms with Crippen molar-refractivity contribution < 1.29 is 14.1 Å². The van der Waals surface area contributed by atoms with Crippen LogP contribution in [0.5, 0.6) is 0 Å². The second-order valence-corrected chi connectivity index (χ2v) is 7.25. The van der Waals surface area contributed by atoms with Gasteiger partial charge in [-0.2, -0.15) is 4.98 Å². The third-order valence-electron chi connectivity index (χ3n) is 4.79. The molecule has 7 heteroatoms. The van der Waals surface area contributed by atoms with E-state index in [0.717, 1.165) is 31.7 Å². The van der Waals surface area contributed by atoms with Crippen LogP contribution in [0.4, 0.5) is 5.95 Å². The summed E-state index contributed by atoms with van der Waals surface area (Å²) in [7, 11) is 0. The van der Waals surface area contributed by atoms with E-state index in [1.165, 1.54) is 0 Å². The number of hydrogen-bond acceptors (Lipinski definition) is 6. The molecule has 1 N–H and O–H groups in total. The summed E-state index contributed by atoms with van der Waals surface area (Å²) in [5.41, 5.74) is 0. The number of ether oxygens (including phenoxy) is 1. The second kappa shape index (κ2) is 7.51. The Kier molecular flexibility index (Phi) is 5.38. The number of carbonyl (C=O) groups is 1. The lowest BCUT2D eigenvalue weighted by Crippen LogP contribution is -2.43. The summed E-state index contributed by atoms with van der Waals surface area (Å²) in [6.45, 7) is 8.70. The monoisotopic (exact) mass is 336 g/mol. The predicted molar refractivity (Wildman–Crippen MR) is 89.9 cm³/mol. The molecule has 1 aliphatic heterocycles. The molecular formula is C17H28N4O3. The van der Waals surface area contributed by atoms with E-state index in [9.17, 15) is 4.79 Å². The molecular weight excluding hydrogens is 308 g/mol. The van der Waals surface area contributed by atoms with Crippen LogP contribution in [-0.2, 0) is 9.53 Å². The molecule has 2 atom stereocenters. The van der Waals surface area contributed by atoms with Crippen molar-refractivity contribution in [3.63, 3.8) is 0 Å². The number of carbonyl (C=O) groups excluding carboxylic acids is 1. The quantitative estimate of drug-likeness (QED) is 0.731. The van der Waals surface area contributed by atoms with E-state index in [4.69, 9.17) is 9.26 Å². The van der Waals surface area contributed by atoms with Gasteiger partial charge in [-0.15, -0.1) is 0 Å². The van der Waals surface area contributed by atoms with Gasteiger partial charge in [-0.05, 0) is 30.3 Å². The van der Waals surface area contributed by atoms with E-state index in [0.29, 0.717) is 36.9 Å². The van der Waals surface area contributed by atoms with Crippen LogP contribution >= 0.6 is 0 Å². The summed E-state index contributed by atoms with van der Waals surface area (Å²) in [6.07, 6.45) is 3.21. The normalized spacial score (nSPS) is 23.9. The Hall–Kier alpha value is -1.63. The summed E-state index contributed by atoms with van der Waals surface area (Å²) < 4.78 is 10.7. The van der Waals surface area contributed by atoms with Crippen molar-refractivity contribution in [1.29, 1.82) is 0 Å². The predicted octanol–water partition coefficient (Wildman–Crippen LogP) is 1.95. The molecule has 1 aromatic rings. The Morgan fingerprint density at radius 1 is 1.42 bits per heavy atom. The maximum absolute atomic E-state index is 12.1. The van der Waals surface area contributed by atoms with Crippen molar-refractivity contribution in [2.45, 2.75) is 52.0 Å². The van der Waals surface area contributed by atoms with Gasteiger partial charge in [0, 0.05) is 31.5 Å². The lowest BCUT2D eigenvalue weighted by atomic mass is 9.91. The van der Waals surface area contributed by atoms with Crippen molar-refractivity contribution in [2.75, 3.05) is 31.2 Å². The zero-order valence-corrected chi connectivity index (χ0v) is 14.8. The van der Waals surface area contributed by atoms with Crippen LogP contribution in [0.2, 0.25) is 0 Å². The molecule has 3 rings (SSSR count). The highest BCUT2D eigenvalue weighted by atomic mass is 16.5. The van der Waals surface area contributed by atoms with Gasteiger partial charge in [-0.1, -0.05) is 20.8 Å². The fourth-order valence-corrected chi connectivity index (χ4v) is 3.23. The average Bonchev–Trinajstić information content (AvgIpc) is 3.12. The number of aromatic nitrogens is 2. The van der Waals surface area contributed by atoms with E-state index in [1.54, 1.807) is 0 Å². The molecule has 0 bridgehead atoms. The highest BCUT2D eigenvalue weighted by molar-refractivity contribution is 5.77. The Balaban J connectivity index is 1.59. The first-order valence-corrected chi connectivity index (χ1v) is 9.04. The Labute approximate surface area is 143 Å². The standard InChI is InChI=1S/C17H28N4O3/c1-4-7-23-10-15(22)18-14-9-21(8-13(14)11(2)3)17-19-16(24-20-17)12-5-6-12/h11-14H,4-10H2,1-3H3,(H,18,22)/t13-,14+/m0/s1. The summed E-state index contributed by atoms with van der Waals surface area (Å²) in [5, 5.41) is 7.25. The number of hydrogen-bond donors (Lipinski definition) is 1. The maximum Gasteiger partial charge on any atom is 0.266 e. The SMILES string of the molecule is CCCOCC(=O)N[C@@H]1CN(c2noc(C3CC3)n2)C[C@H]1C(C)C. The van der Waals surface area contributed by atoms with Crippen LogP contribution in [0.15, 0.2) is 4.52 Å². The first-order valence-electron chi connectivity index (χ1n) is 9.04. The van der Waals surface area contributed by atoms with E-state index in [-0.39, 0.29) is 18.6 Å². The first-order chi connectivity index (χ1) is 11.6. The number of anilines is 1. The molecule has 1 aromatic heterocycles. The van der Waals surface area contributed by atoms with E-state index < -0.39 is 0 Å². The van der Waals surface area contributed by atoms with Gasteiger partial charge in [0.05, 0.1) is 6.04 Å². The number of amides is 1. The third kappa shape index (κ3) is 4.06. The molecule has 1 saturated carbocycles. The molecule has 0 radical (unpaired) electrons. The molecule has 24 heavy (non-hydrogen) atoms. The second-order valence-electron chi connectivity index (χ2n) is 7.25. The molecule has 7 nitrogen and oxygen atoms in total. The minimum Gasteiger partial charge on any atom is -0.372 e. The minimum absolute atomic E-state index is 0.0484. The lowest BCUT2D eigenvalue weighted by molar-refractivity contribution is -0.126. The van der Waals surface area contributed by atoms with Crippen LogP contribution in [0.25, 0.3) is 0 Å². The van der Waals surface area contributed by atoms with Crippen molar-refractivity contribution in [1.82, 2.24) is 15.5 Å². The molecule has 134 valence electrons. The Morgan fingerprint density at radius 2 is 2.21 bits per heavy atom. The van der Waals surface area contributed by atoms with Gasteiger partial charge in [0.25, 0.3) is 5.95 Å². The molecule has 1 saturated heterocycles. The summed E-state index contributed by atoms with van der Waals surface area (Å²) >= 11 is 0. The van der Waals surface area contributed by atoms with Crippen LogP contribution in [-0.4, -0.2) is 48.4 Å². The van der Waals surface area contributed by atoms with Crippen molar-refractivity contribution in [3.05, 3.63) is 5.89 Å². The number of nitrogens with one attached hydrogen (secondary N) is 1. The summed E-state index contributed by atoms with van der Waals surface area (Å²) in [6, 6.07) is 0.0885. The van der Waals surface area contributed by atoms with Gasteiger partial charge in [0.2, 0.25) is 11.8 Å². The van der Waals surface area contributed by atoms with Gasteiger partial charge >= 0.3 is 0 Å². The van der Waals surface area contributed by atoms with E-state index in [1.807, 2.05) is 6.92 Å². The highest BCUT2D eigenvalue weighted by Crippen LogP contribution is 2.39. The average molecular weight is 336 g/mol. The lowest BCUT2D eigenvalue weighted by Gasteiger charge is -2.22. The summed E-state index contributed by atoms with van der Waals surface area (Å²) in [5.74, 6) is 2.65. The Bertz CT molecular complexity index is 556. The molecule has 2 fully saturated rings. The zero-order valence-electron chi connectivity index (χ0n) is 14.8. The van der Waals surface area contributed by atoms with Crippen molar-refractivity contribution >= 4 is 11.9 Å². The smallest absolute Gasteiger partial charge is 0.266 e.